The summed E-state index contributed by atoms with van der Waals surface area (Å²) in [5.41, 5.74) is -0.426. The average molecular weight is 401 g/mol. The molecule has 23 heavy (non-hydrogen) atoms. The minimum absolute atomic E-state index is 0.0424. The van der Waals surface area contributed by atoms with Crippen LogP contribution in [0, 0.1) is 0 Å². The molecule has 1 aromatic rings. The molecule has 0 aromatic heterocycles. The molecule has 0 amide bonds. The molecule has 0 N–H and O–H groups in total. The number of halogens is 3. The first kappa shape index (κ1) is 18.6. The van der Waals surface area contributed by atoms with Crippen LogP contribution in [0.3, 0.4) is 0 Å². The number of alkyl halides is 1. The zero-order valence-corrected chi connectivity index (χ0v) is 15.7. The van der Waals surface area contributed by atoms with Crippen molar-refractivity contribution in [2.24, 2.45) is 5.16 Å². The molecule has 0 aliphatic carbocycles. The van der Waals surface area contributed by atoms with Crippen LogP contribution in [0.25, 0.3) is 0 Å². The Morgan fingerprint density at radius 3 is 2.65 bits per heavy atom. The lowest BCUT2D eigenvalue weighted by Gasteiger charge is -2.17. The molecule has 1 aliphatic rings. The Bertz CT molecular complexity index is 736. The first-order valence-electron chi connectivity index (χ1n) is 6.85. The Balaban J connectivity index is 2.32. The predicted octanol–water partition coefficient (Wildman–Crippen LogP) is 4.04. The first-order valence-corrected chi connectivity index (χ1v) is 9.79. The summed E-state index contributed by atoms with van der Waals surface area (Å²) in [7, 11) is -3.70. The molecule has 0 fully saturated rings. The molecule has 0 bridgehead atoms. The topological polar surface area (TPSA) is 65.0 Å². The zero-order chi connectivity index (χ0) is 17.3. The van der Waals surface area contributed by atoms with E-state index in [-0.39, 0.29) is 28.1 Å². The van der Waals surface area contributed by atoms with Gasteiger partial charge in [-0.1, -0.05) is 28.4 Å². The maximum absolute atomic E-state index is 12.6. The van der Waals surface area contributed by atoms with E-state index in [2.05, 4.69) is 5.16 Å². The Morgan fingerprint density at radius 1 is 1.39 bits per heavy atom. The van der Waals surface area contributed by atoms with Crippen molar-refractivity contribution in [3.8, 4) is 5.75 Å². The first-order chi connectivity index (χ1) is 10.7. The van der Waals surface area contributed by atoms with Crippen LogP contribution in [0.5, 0.6) is 5.75 Å². The van der Waals surface area contributed by atoms with Crippen molar-refractivity contribution in [2.45, 2.75) is 31.6 Å². The third kappa shape index (κ3) is 4.24. The van der Waals surface area contributed by atoms with E-state index in [9.17, 15) is 8.42 Å². The molecule has 1 aliphatic heterocycles. The molecule has 0 saturated carbocycles. The number of hydrogen-bond acceptors (Lipinski definition) is 5. The van der Waals surface area contributed by atoms with Crippen LogP contribution in [0.15, 0.2) is 17.3 Å². The van der Waals surface area contributed by atoms with Crippen molar-refractivity contribution >= 4 is 49.7 Å². The van der Waals surface area contributed by atoms with Gasteiger partial charge in [-0.05, 0) is 26.0 Å². The Kier molecular flexibility index (Phi) is 5.72. The summed E-state index contributed by atoms with van der Waals surface area (Å²) in [5, 5.41) is 4.24. The molecular weight excluding hydrogens is 385 g/mol. The van der Waals surface area contributed by atoms with E-state index in [0.29, 0.717) is 22.9 Å². The van der Waals surface area contributed by atoms with Crippen LogP contribution in [0.2, 0.25) is 10.0 Å². The lowest BCUT2D eigenvalue weighted by atomic mass is 10.1. The van der Waals surface area contributed by atoms with Crippen molar-refractivity contribution in [3.63, 3.8) is 0 Å². The van der Waals surface area contributed by atoms with Gasteiger partial charge >= 0.3 is 0 Å². The van der Waals surface area contributed by atoms with E-state index in [4.69, 9.17) is 44.4 Å². The number of rotatable bonds is 5. The van der Waals surface area contributed by atoms with Gasteiger partial charge in [-0.3, -0.25) is 0 Å². The fraction of sp³-hybridized carbons (Fsp3) is 0.500. The Labute approximate surface area is 150 Å². The van der Waals surface area contributed by atoms with E-state index in [0.717, 1.165) is 0 Å². The molecule has 9 heteroatoms. The van der Waals surface area contributed by atoms with Crippen molar-refractivity contribution in [2.75, 3.05) is 12.5 Å². The zero-order valence-electron chi connectivity index (χ0n) is 12.6. The lowest BCUT2D eigenvalue weighted by molar-refractivity contribution is 0.0152. The third-order valence-corrected chi connectivity index (χ3v) is 5.95. The van der Waals surface area contributed by atoms with Crippen molar-refractivity contribution in [1.82, 2.24) is 0 Å². The molecule has 0 radical (unpaired) electrons. The summed E-state index contributed by atoms with van der Waals surface area (Å²) in [6.07, 6.45) is 0.122. The molecule has 128 valence electrons. The summed E-state index contributed by atoms with van der Waals surface area (Å²) in [6.45, 7) is 3.83. The second kappa shape index (κ2) is 7.05. The minimum atomic E-state index is -3.70. The number of hydrogen-bond donors (Lipinski definition) is 0. The second-order valence-corrected chi connectivity index (χ2v) is 8.50. The molecule has 1 unspecified atom stereocenters. The number of benzene rings is 1. The Hall–Kier alpha value is -0.690. The van der Waals surface area contributed by atoms with Gasteiger partial charge in [0.1, 0.15) is 5.75 Å². The normalized spacial score (nSPS) is 21.0. The standard InChI is InChI=1S/C14H16Cl3NO4S/c1-3-21-13-9(4-10(16)5-11(13)17)7-23(19,20)12-6-14(2,8-15)22-18-12/h4-5H,3,6-8H2,1-2H3. The van der Waals surface area contributed by atoms with Gasteiger partial charge < -0.3 is 9.57 Å². The van der Waals surface area contributed by atoms with Gasteiger partial charge in [0.25, 0.3) is 0 Å². The van der Waals surface area contributed by atoms with E-state index >= 15 is 0 Å². The molecule has 0 spiro atoms. The SMILES string of the molecule is CCOc1c(Cl)cc(Cl)cc1CS(=O)(=O)C1=NOC(C)(CCl)C1. The highest BCUT2D eigenvalue weighted by molar-refractivity contribution is 8.05. The summed E-state index contributed by atoms with van der Waals surface area (Å²) in [6, 6.07) is 3.03. The molecule has 2 rings (SSSR count). The van der Waals surface area contributed by atoms with Crippen molar-refractivity contribution in [3.05, 3.63) is 27.7 Å². The Morgan fingerprint density at radius 2 is 2.09 bits per heavy atom. The average Bonchev–Trinajstić information content (AvgIpc) is 2.86. The van der Waals surface area contributed by atoms with Crippen LogP contribution in [-0.4, -0.2) is 31.5 Å². The third-order valence-electron chi connectivity index (χ3n) is 3.25. The minimum Gasteiger partial charge on any atom is -0.492 e. The van der Waals surface area contributed by atoms with Gasteiger partial charge in [0.2, 0.25) is 0 Å². The van der Waals surface area contributed by atoms with Crippen LogP contribution in [0.1, 0.15) is 25.8 Å². The predicted molar refractivity (Wildman–Crippen MR) is 92.5 cm³/mol. The van der Waals surface area contributed by atoms with Crippen LogP contribution >= 0.6 is 34.8 Å². The van der Waals surface area contributed by atoms with Gasteiger partial charge in [0, 0.05) is 17.0 Å². The summed E-state index contributed by atoms with van der Waals surface area (Å²) in [4.78, 5) is 5.14. The quantitative estimate of drug-likeness (QED) is 0.700. The summed E-state index contributed by atoms with van der Waals surface area (Å²) in [5.74, 6) is 0.119. The fourth-order valence-electron chi connectivity index (χ4n) is 2.10. The highest BCUT2D eigenvalue weighted by Crippen LogP contribution is 2.35. The van der Waals surface area contributed by atoms with E-state index in [1.165, 1.54) is 12.1 Å². The highest BCUT2D eigenvalue weighted by atomic mass is 35.5. The number of oxime groups is 1. The number of nitrogens with zero attached hydrogens (tertiary/aromatic N) is 1. The van der Waals surface area contributed by atoms with E-state index in [1.54, 1.807) is 13.8 Å². The highest BCUT2D eigenvalue weighted by Gasteiger charge is 2.39. The second-order valence-electron chi connectivity index (χ2n) is 5.40. The largest absolute Gasteiger partial charge is 0.492 e. The smallest absolute Gasteiger partial charge is 0.199 e. The molecule has 0 saturated heterocycles. The van der Waals surface area contributed by atoms with E-state index < -0.39 is 15.4 Å². The summed E-state index contributed by atoms with van der Waals surface area (Å²) < 4.78 is 30.6. The van der Waals surface area contributed by atoms with Crippen molar-refractivity contribution < 1.29 is 18.0 Å². The maximum Gasteiger partial charge on any atom is 0.199 e. The number of sulfone groups is 1. The van der Waals surface area contributed by atoms with Crippen LogP contribution in [-0.2, 0) is 20.4 Å². The van der Waals surface area contributed by atoms with Crippen LogP contribution in [0.4, 0.5) is 0 Å². The van der Waals surface area contributed by atoms with Gasteiger partial charge in [0.15, 0.2) is 20.5 Å². The van der Waals surface area contributed by atoms with Gasteiger partial charge in [-0.2, -0.15) is 0 Å². The molecule has 1 aromatic carbocycles. The molecule has 1 heterocycles. The van der Waals surface area contributed by atoms with Gasteiger partial charge in [-0.15, -0.1) is 11.6 Å². The fourth-order valence-corrected chi connectivity index (χ4v) is 4.30. The molecule has 1 atom stereocenters. The van der Waals surface area contributed by atoms with Crippen molar-refractivity contribution in [1.29, 1.82) is 0 Å². The molecule has 5 nitrogen and oxygen atoms in total. The van der Waals surface area contributed by atoms with Gasteiger partial charge in [0.05, 0.1) is 23.3 Å². The van der Waals surface area contributed by atoms with Gasteiger partial charge in [-0.25, -0.2) is 8.42 Å². The molecular formula is C14H16Cl3NO4S. The monoisotopic (exact) mass is 399 g/mol. The maximum atomic E-state index is 12.6. The lowest BCUT2D eigenvalue weighted by Crippen LogP contribution is -2.28. The number of ether oxygens (including phenoxy) is 1. The van der Waals surface area contributed by atoms with E-state index in [1.807, 2.05) is 0 Å². The summed E-state index contributed by atoms with van der Waals surface area (Å²) >= 11 is 17.8. The van der Waals surface area contributed by atoms with Crippen LogP contribution < -0.4 is 4.74 Å².